The molecule has 0 atom stereocenters. The first kappa shape index (κ1) is 20.6. The number of anilines is 1. The summed E-state index contributed by atoms with van der Waals surface area (Å²) >= 11 is 0. The van der Waals surface area contributed by atoms with E-state index in [0.717, 1.165) is 17.2 Å². The van der Waals surface area contributed by atoms with Gasteiger partial charge in [-0.15, -0.1) is 0 Å². The summed E-state index contributed by atoms with van der Waals surface area (Å²) in [5.41, 5.74) is 2.34. The maximum atomic E-state index is 13.4. The molecule has 0 saturated carbocycles. The number of rotatable bonds is 5. The lowest BCUT2D eigenvalue weighted by molar-refractivity contribution is -0.139. The summed E-state index contributed by atoms with van der Waals surface area (Å²) in [5, 5.41) is 2.55. The molecule has 0 bridgehead atoms. The van der Waals surface area contributed by atoms with Crippen LogP contribution in [0.25, 0.3) is 0 Å². The molecule has 0 radical (unpaired) electrons. The summed E-state index contributed by atoms with van der Waals surface area (Å²) in [6.07, 6.45) is -4.69. The highest BCUT2D eigenvalue weighted by Crippen LogP contribution is 2.38. The van der Waals surface area contributed by atoms with Gasteiger partial charge in [0.05, 0.1) is 18.4 Å². The van der Waals surface area contributed by atoms with Crippen LogP contribution in [0, 0.1) is 13.8 Å². The molecule has 27 heavy (non-hydrogen) atoms. The van der Waals surface area contributed by atoms with Gasteiger partial charge in [-0.3, -0.25) is 5.32 Å². The highest BCUT2D eigenvalue weighted by molar-refractivity contribution is 5.85. The lowest BCUT2D eigenvalue weighted by atomic mass is 10.0. The summed E-state index contributed by atoms with van der Waals surface area (Å²) < 4.78 is 50.5. The monoisotopic (exact) mass is 381 g/mol. The zero-order chi connectivity index (χ0) is 20.2. The van der Waals surface area contributed by atoms with Gasteiger partial charge in [-0.05, 0) is 55.2 Å². The summed E-state index contributed by atoms with van der Waals surface area (Å²) in [4.78, 5) is 11.5. The van der Waals surface area contributed by atoms with Crippen molar-refractivity contribution in [1.82, 2.24) is 0 Å². The van der Waals surface area contributed by atoms with Gasteiger partial charge in [-0.2, -0.15) is 13.2 Å². The van der Waals surface area contributed by atoms with Crippen molar-refractivity contribution in [2.24, 2.45) is 0 Å². The molecule has 0 unspecified atom stereocenters. The fourth-order valence-corrected chi connectivity index (χ4v) is 2.77. The van der Waals surface area contributed by atoms with E-state index in [-0.39, 0.29) is 12.4 Å². The number of aryl methyl sites for hydroxylation is 3. The fourth-order valence-electron chi connectivity index (χ4n) is 2.77. The van der Waals surface area contributed by atoms with Gasteiger partial charge in [0.25, 0.3) is 0 Å². The normalized spacial score (nSPS) is 11.2. The average molecular weight is 381 g/mol. The minimum Gasteiger partial charge on any atom is -0.488 e. The van der Waals surface area contributed by atoms with Crippen LogP contribution in [0.15, 0.2) is 30.3 Å². The standard InChI is InChI=1S/C20H22F3NO3/c1-5-14-10-16(20(21,22)23)18(9-13(14)3)27-11-15-12(2)7-6-8-17(15)24-19(25)26-4/h6-10H,5,11H2,1-4H3,(H,24,25). The van der Waals surface area contributed by atoms with Gasteiger partial charge in [0.1, 0.15) is 12.4 Å². The zero-order valence-electron chi connectivity index (χ0n) is 15.7. The number of alkyl halides is 3. The van der Waals surface area contributed by atoms with E-state index in [2.05, 4.69) is 10.1 Å². The van der Waals surface area contributed by atoms with E-state index in [9.17, 15) is 18.0 Å². The molecule has 0 spiro atoms. The summed E-state index contributed by atoms with van der Waals surface area (Å²) in [7, 11) is 1.23. The van der Waals surface area contributed by atoms with Gasteiger partial charge in [0.2, 0.25) is 0 Å². The van der Waals surface area contributed by atoms with Crippen LogP contribution in [-0.4, -0.2) is 13.2 Å². The topological polar surface area (TPSA) is 47.6 Å². The Labute approximate surface area is 156 Å². The molecule has 0 heterocycles. The number of halogens is 3. The number of ether oxygens (including phenoxy) is 2. The second-order valence-electron chi connectivity index (χ2n) is 6.13. The largest absolute Gasteiger partial charge is 0.488 e. The fraction of sp³-hybridized carbons (Fsp3) is 0.350. The van der Waals surface area contributed by atoms with Gasteiger partial charge in [0, 0.05) is 5.56 Å². The van der Waals surface area contributed by atoms with Crippen LogP contribution >= 0.6 is 0 Å². The van der Waals surface area contributed by atoms with Gasteiger partial charge < -0.3 is 9.47 Å². The molecule has 7 heteroatoms. The van der Waals surface area contributed by atoms with Gasteiger partial charge in [0.15, 0.2) is 0 Å². The summed E-state index contributed by atoms with van der Waals surface area (Å²) in [5.74, 6) is -0.232. The molecule has 4 nitrogen and oxygen atoms in total. The number of hydrogen-bond donors (Lipinski definition) is 1. The Morgan fingerprint density at radius 1 is 1.15 bits per heavy atom. The summed E-state index contributed by atoms with van der Waals surface area (Å²) in [6, 6.07) is 7.70. The molecule has 1 N–H and O–H groups in total. The average Bonchev–Trinajstić information content (AvgIpc) is 2.60. The first-order valence-corrected chi connectivity index (χ1v) is 8.44. The van der Waals surface area contributed by atoms with E-state index in [1.54, 1.807) is 39.0 Å². The third-order valence-electron chi connectivity index (χ3n) is 4.33. The predicted molar refractivity (Wildman–Crippen MR) is 97.1 cm³/mol. The molecular weight excluding hydrogens is 359 g/mol. The Bertz CT molecular complexity index is 832. The van der Waals surface area contributed by atoms with Crippen LogP contribution < -0.4 is 10.1 Å². The zero-order valence-corrected chi connectivity index (χ0v) is 15.7. The van der Waals surface area contributed by atoms with E-state index in [1.807, 2.05) is 0 Å². The van der Waals surface area contributed by atoms with E-state index in [0.29, 0.717) is 23.2 Å². The quantitative estimate of drug-likeness (QED) is 0.729. The van der Waals surface area contributed by atoms with Crippen LogP contribution in [0.3, 0.4) is 0 Å². The third kappa shape index (κ3) is 4.93. The molecule has 146 valence electrons. The smallest absolute Gasteiger partial charge is 0.419 e. The Balaban J connectivity index is 2.37. The van der Waals surface area contributed by atoms with E-state index in [1.165, 1.54) is 13.2 Å². The van der Waals surface area contributed by atoms with Gasteiger partial charge >= 0.3 is 12.3 Å². The number of nitrogens with one attached hydrogen (secondary N) is 1. The molecule has 2 aromatic carbocycles. The Morgan fingerprint density at radius 2 is 1.85 bits per heavy atom. The van der Waals surface area contributed by atoms with Gasteiger partial charge in [-0.1, -0.05) is 19.1 Å². The van der Waals surface area contributed by atoms with Crippen molar-refractivity contribution < 1.29 is 27.4 Å². The van der Waals surface area contributed by atoms with Crippen LogP contribution in [0.1, 0.15) is 34.7 Å². The molecular formula is C20H22F3NO3. The van der Waals surface area contributed by atoms with Crippen molar-refractivity contribution in [3.8, 4) is 5.75 Å². The number of hydrogen-bond acceptors (Lipinski definition) is 3. The molecule has 0 aromatic heterocycles. The van der Waals surface area contributed by atoms with Crippen molar-refractivity contribution in [2.75, 3.05) is 12.4 Å². The molecule has 2 rings (SSSR count). The Kier molecular flexibility index (Phi) is 6.36. The molecule has 0 aliphatic carbocycles. The van der Waals surface area contributed by atoms with Crippen molar-refractivity contribution in [3.63, 3.8) is 0 Å². The van der Waals surface area contributed by atoms with Crippen LogP contribution in [0.5, 0.6) is 5.75 Å². The molecule has 0 aliphatic heterocycles. The van der Waals surface area contributed by atoms with Crippen LogP contribution in [-0.2, 0) is 23.9 Å². The molecule has 0 aliphatic rings. The second kappa shape index (κ2) is 8.33. The highest BCUT2D eigenvalue weighted by atomic mass is 19.4. The number of benzene rings is 2. The maximum absolute atomic E-state index is 13.4. The van der Waals surface area contributed by atoms with Crippen LogP contribution in [0.4, 0.5) is 23.7 Å². The predicted octanol–water partition coefficient (Wildman–Crippen LogP) is 5.64. The Morgan fingerprint density at radius 3 is 2.44 bits per heavy atom. The minimum atomic E-state index is -4.52. The lowest BCUT2D eigenvalue weighted by Gasteiger charge is -2.19. The minimum absolute atomic E-state index is 0.125. The number of carbonyl (C=O) groups is 1. The van der Waals surface area contributed by atoms with Crippen molar-refractivity contribution in [1.29, 1.82) is 0 Å². The third-order valence-corrected chi connectivity index (χ3v) is 4.33. The lowest BCUT2D eigenvalue weighted by Crippen LogP contribution is -2.15. The van der Waals surface area contributed by atoms with Gasteiger partial charge in [-0.25, -0.2) is 4.79 Å². The number of carbonyl (C=O) groups excluding carboxylic acids is 1. The first-order chi connectivity index (χ1) is 12.7. The number of amides is 1. The molecule has 0 saturated heterocycles. The van der Waals surface area contributed by atoms with Crippen molar-refractivity contribution in [2.45, 2.75) is 40.0 Å². The SMILES string of the molecule is CCc1cc(C(F)(F)F)c(OCc2c(C)cccc2NC(=O)OC)cc1C. The van der Waals surface area contributed by atoms with Crippen molar-refractivity contribution >= 4 is 11.8 Å². The van der Waals surface area contributed by atoms with Crippen molar-refractivity contribution in [3.05, 3.63) is 58.1 Å². The summed E-state index contributed by atoms with van der Waals surface area (Å²) in [6.45, 7) is 5.22. The molecule has 2 aromatic rings. The van der Waals surface area contributed by atoms with Crippen LogP contribution in [0.2, 0.25) is 0 Å². The van der Waals surface area contributed by atoms with E-state index >= 15 is 0 Å². The van der Waals surface area contributed by atoms with E-state index < -0.39 is 17.8 Å². The number of methoxy groups -OCH3 is 1. The molecule has 0 fully saturated rings. The molecule has 1 amide bonds. The highest BCUT2D eigenvalue weighted by Gasteiger charge is 2.35. The maximum Gasteiger partial charge on any atom is 0.419 e. The second-order valence-corrected chi connectivity index (χ2v) is 6.13. The first-order valence-electron chi connectivity index (χ1n) is 8.44. The van der Waals surface area contributed by atoms with E-state index in [4.69, 9.17) is 4.74 Å². The Hall–Kier alpha value is -2.70.